The zero-order valence-electron chi connectivity index (χ0n) is 12.9. The van der Waals surface area contributed by atoms with E-state index >= 15 is 0 Å². The first kappa shape index (κ1) is 17.2. The molecule has 23 heavy (non-hydrogen) atoms. The number of rotatable bonds is 4. The highest BCUT2D eigenvalue weighted by Gasteiger charge is 2.09. The van der Waals surface area contributed by atoms with Gasteiger partial charge in [-0.3, -0.25) is 10.1 Å². The van der Waals surface area contributed by atoms with E-state index in [4.69, 9.17) is 28.6 Å². The van der Waals surface area contributed by atoms with Gasteiger partial charge < -0.3 is 10.1 Å². The van der Waals surface area contributed by atoms with Crippen LogP contribution in [0.2, 0.25) is 5.02 Å². The third-order valence-corrected chi connectivity index (χ3v) is 3.83. The lowest BCUT2D eigenvalue weighted by Crippen LogP contribution is -2.37. The first-order chi connectivity index (χ1) is 11.0. The fourth-order valence-corrected chi connectivity index (χ4v) is 2.32. The molecule has 0 radical (unpaired) electrons. The maximum atomic E-state index is 11.9. The Hall–Kier alpha value is -2.11. The number of amides is 1. The third-order valence-electron chi connectivity index (χ3n) is 3.22. The minimum absolute atomic E-state index is 0.110. The number of hydrogen-bond acceptors (Lipinski definition) is 3. The molecule has 1 amide bonds. The van der Waals surface area contributed by atoms with Gasteiger partial charge in [-0.1, -0.05) is 35.9 Å². The van der Waals surface area contributed by atoms with Crippen molar-refractivity contribution in [1.82, 2.24) is 5.32 Å². The number of hydrogen-bond donors (Lipinski definition) is 2. The SMILES string of the molecule is Cc1ccccc1OCC(=O)NC(=S)Nc1cccc(Cl)c1C. The maximum Gasteiger partial charge on any atom is 0.264 e. The van der Waals surface area contributed by atoms with Gasteiger partial charge in [0.25, 0.3) is 5.91 Å². The highest BCUT2D eigenvalue weighted by atomic mass is 35.5. The second-order valence-electron chi connectivity index (χ2n) is 4.97. The van der Waals surface area contributed by atoms with E-state index in [-0.39, 0.29) is 17.6 Å². The van der Waals surface area contributed by atoms with Crippen molar-refractivity contribution in [2.45, 2.75) is 13.8 Å². The van der Waals surface area contributed by atoms with Crippen LogP contribution in [0.5, 0.6) is 5.75 Å². The summed E-state index contributed by atoms with van der Waals surface area (Å²) in [5, 5.41) is 6.36. The van der Waals surface area contributed by atoms with Crippen LogP contribution >= 0.6 is 23.8 Å². The lowest BCUT2D eigenvalue weighted by atomic mass is 10.2. The lowest BCUT2D eigenvalue weighted by molar-refractivity contribution is -0.121. The molecule has 2 aromatic rings. The Bertz CT molecular complexity index is 734. The van der Waals surface area contributed by atoms with Crippen molar-refractivity contribution in [2.24, 2.45) is 0 Å². The van der Waals surface area contributed by atoms with Crippen molar-refractivity contribution in [1.29, 1.82) is 0 Å². The molecule has 0 unspecified atom stereocenters. The molecule has 0 aliphatic rings. The molecule has 0 aliphatic heterocycles. The maximum absolute atomic E-state index is 11.9. The molecule has 0 aromatic heterocycles. The summed E-state index contributed by atoms with van der Waals surface area (Å²) in [5.41, 5.74) is 2.58. The van der Waals surface area contributed by atoms with Crippen LogP contribution in [0.15, 0.2) is 42.5 Å². The van der Waals surface area contributed by atoms with Crippen LogP contribution in [0.4, 0.5) is 5.69 Å². The fourth-order valence-electron chi connectivity index (χ4n) is 1.92. The quantitative estimate of drug-likeness (QED) is 0.824. The van der Waals surface area contributed by atoms with Crippen LogP contribution in [0, 0.1) is 13.8 Å². The van der Waals surface area contributed by atoms with E-state index in [2.05, 4.69) is 10.6 Å². The Kier molecular flexibility index (Phi) is 5.96. The number of para-hydroxylation sites is 1. The van der Waals surface area contributed by atoms with Crippen molar-refractivity contribution < 1.29 is 9.53 Å². The Balaban J connectivity index is 1.86. The van der Waals surface area contributed by atoms with E-state index in [1.807, 2.05) is 50.2 Å². The standard InChI is InChI=1S/C17H17ClN2O2S/c1-11-6-3-4-9-15(11)22-10-16(21)20-17(23)19-14-8-5-7-13(18)12(14)2/h3-9H,10H2,1-2H3,(H2,19,20,21,23). The molecule has 0 saturated carbocycles. The first-order valence-electron chi connectivity index (χ1n) is 7.01. The van der Waals surface area contributed by atoms with Gasteiger partial charge in [-0.25, -0.2) is 0 Å². The predicted octanol–water partition coefficient (Wildman–Crippen LogP) is 3.85. The minimum atomic E-state index is -0.328. The van der Waals surface area contributed by atoms with Crippen molar-refractivity contribution in [3.63, 3.8) is 0 Å². The summed E-state index contributed by atoms with van der Waals surface area (Å²) in [6, 6.07) is 12.9. The second kappa shape index (κ2) is 7.94. The summed E-state index contributed by atoms with van der Waals surface area (Å²) in [4.78, 5) is 11.9. The molecule has 0 heterocycles. The molecule has 0 spiro atoms. The summed E-state index contributed by atoms with van der Waals surface area (Å²) in [6.45, 7) is 3.68. The molecule has 2 N–H and O–H groups in total. The van der Waals surface area contributed by atoms with Gasteiger partial charge in [0.2, 0.25) is 0 Å². The van der Waals surface area contributed by atoms with Gasteiger partial charge in [-0.2, -0.15) is 0 Å². The number of anilines is 1. The number of carbonyl (C=O) groups excluding carboxylic acids is 1. The molecule has 0 fully saturated rings. The van der Waals surface area contributed by atoms with Gasteiger partial charge in [0.05, 0.1) is 0 Å². The van der Waals surface area contributed by atoms with E-state index in [0.29, 0.717) is 10.8 Å². The average molecular weight is 349 g/mol. The van der Waals surface area contributed by atoms with Crippen molar-refractivity contribution in [3.8, 4) is 5.75 Å². The molecule has 2 rings (SSSR count). The van der Waals surface area contributed by atoms with Gasteiger partial charge in [0.15, 0.2) is 11.7 Å². The first-order valence-corrected chi connectivity index (χ1v) is 7.80. The third kappa shape index (κ3) is 4.94. The van der Waals surface area contributed by atoms with Crippen LogP contribution in [0.1, 0.15) is 11.1 Å². The summed E-state index contributed by atoms with van der Waals surface area (Å²) in [6.07, 6.45) is 0. The topological polar surface area (TPSA) is 50.4 Å². The summed E-state index contributed by atoms with van der Waals surface area (Å²) >= 11 is 11.2. The van der Waals surface area contributed by atoms with Gasteiger partial charge in [0, 0.05) is 10.7 Å². The monoisotopic (exact) mass is 348 g/mol. The zero-order valence-corrected chi connectivity index (χ0v) is 14.4. The Morgan fingerprint density at radius 3 is 2.65 bits per heavy atom. The molecule has 2 aromatic carbocycles. The number of carbonyl (C=O) groups is 1. The Morgan fingerprint density at radius 1 is 1.17 bits per heavy atom. The van der Waals surface area contributed by atoms with Crippen molar-refractivity contribution in [3.05, 3.63) is 58.6 Å². The zero-order chi connectivity index (χ0) is 16.8. The van der Waals surface area contributed by atoms with E-state index in [1.54, 1.807) is 6.07 Å². The van der Waals surface area contributed by atoms with Crippen LogP contribution in [-0.2, 0) is 4.79 Å². The summed E-state index contributed by atoms with van der Waals surface area (Å²) < 4.78 is 5.47. The smallest absolute Gasteiger partial charge is 0.264 e. The molecule has 0 bridgehead atoms. The molecule has 6 heteroatoms. The Labute approximate surface area is 145 Å². The highest BCUT2D eigenvalue weighted by Crippen LogP contribution is 2.22. The van der Waals surface area contributed by atoms with E-state index < -0.39 is 0 Å². The normalized spacial score (nSPS) is 10.0. The minimum Gasteiger partial charge on any atom is -0.483 e. The number of benzene rings is 2. The largest absolute Gasteiger partial charge is 0.483 e. The second-order valence-corrected chi connectivity index (χ2v) is 5.78. The number of thiocarbonyl (C=S) groups is 1. The van der Waals surface area contributed by atoms with Crippen LogP contribution in [0.3, 0.4) is 0 Å². The average Bonchev–Trinajstić information content (AvgIpc) is 2.51. The summed E-state index contributed by atoms with van der Waals surface area (Å²) in [5.74, 6) is 0.345. The van der Waals surface area contributed by atoms with Crippen LogP contribution in [0.25, 0.3) is 0 Å². The molecular weight excluding hydrogens is 332 g/mol. The number of ether oxygens (including phenoxy) is 1. The number of aryl methyl sites for hydroxylation is 1. The van der Waals surface area contributed by atoms with Crippen LogP contribution < -0.4 is 15.4 Å². The molecule has 4 nitrogen and oxygen atoms in total. The van der Waals surface area contributed by atoms with Crippen molar-refractivity contribution in [2.75, 3.05) is 11.9 Å². The predicted molar refractivity (Wildman–Crippen MR) is 97.2 cm³/mol. The molecule has 120 valence electrons. The van der Waals surface area contributed by atoms with Gasteiger partial charge in [-0.05, 0) is 55.4 Å². The van der Waals surface area contributed by atoms with E-state index in [1.165, 1.54) is 0 Å². The van der Waals surface area contributed by atoms with E-state index in [0.717, 1.165) is 16.8 Å². The summed E-state index contributed by atoms with van der Waals surface area (Å²) in [7, 11) is 0. The molecule has 0 aliphatic carbocycles. The Morgan fingerprint density at radius 2 is 1.91 bits per heavy atom. The van der Waals surface area contributed by atoms with E-state index in [9.17, 15) is 4.79 Å². The number of nitrogens with one attached hydrogen (secondary N) is 2. The van der Waals surface area contributed by atoms with Gasteiger partial charge in [-0.15, -0.1) is 0 Å². The molecular formula is C17H17ClN2O2S. The fraction of sp³-hybridized carbons (Fsp3) is 0.176. The van der Waals surface area contributed by atoms with Crippen molar-refractivity contribution >= 4 is 40.5 Å². The number of halogens is 1. The highest BCUT2D eigenvalue weighted by molar-refractivity contribution is 7.80. The molecule has 0 atom stereocenters. The molecule has 0 saturated heterocycles. The lowest BCUT2D eigenvalue weighted by Gasteiger charge is -2.13. The van der Waals surface area contributed by atoms with Crippen LogP contribution in [-0.4, -0.2) is 17.6 Å². The van der Waals surface area contributed by atoms with Gasteiger partial charge in [0.1, 0.15) is 5.75 Å². The van der Waals surface area contributed by atoms with Gasteiger partial charge >= 0.3 is 0 Å².